The molecule has 1 aromatic heterocycles. The lowest BCUT2D eigenvalue weighted by Crippen LogP contribution is -2.03. The van der Waals surface area contributed by atoms with Gasteiger partial charge in [0.2, 0.25) is 0 Å². The number of ether oxygens (including phenoxy) is 1. The lowest BCUT2D eigenvalue weighted by molar-refractivity contribution is 0.0529. The summed E-state index contributed by atoms with van der Waals surface area (Å²) in [6, 6.07) is 9.56. The normalized spacial score (nSPS) is 10.1. The van der Waals surface area contributed by atoms with Crippen LogP contribution in [0.25, 0.3) is 0 Å². The fourth-order valence-corrected chi connectivity index (χ4v) is 5.67. The first-order chi connectivity index (χ1) is 10.1. The van der Waals surface area contributed by atoms with Gasteiger partial charge < -0.3 is 4.74 Å². The Morgan fingerprint density at radius 1 is 1.48 bits per heavy atom. The maximum absolute atomic E-state index is 11.9. The number of carbonyl (C=O) groups excluding carboxylic acids is 1. The zero-order chi connectivity index (χ0) is 15.2. The Hall–Kier alpha value is -1.20. The van der Waals surface area contributed by atoms with E-state index in [-0.39, 0.29) is 5.97 Å². The van der Waals surface area contributed by atoms with E-state index in [0.717, 1.165) is 9.77 Å². The van der Waals surface area contributed by atoms with Crippen LogP contribution in [0.2, 0.25) is 0 Å². The van der Waals surface area contributed by atoms with Gasteiger partial charge in [-0.15, -0.1) is 34.4 Å². The number of nitriles is 1. The zero-order valence-electron chi connectivity index (χ0n) is 11.1. The third-order valence-electron chi connectivity index (χ3n) is 2.43. The van der Waals surface area contributed by atoms with E-state index >= 15 is 0 Å². The Labute approximate surface area is 140 Å². The van der Waals surface area contributed by atoms with Crippen molar-refractivity contribution in [3.05, 3.63) is 43.4 Å². The van der Waals surface area contributed by atoms with E-state index in [1.165, 1.54) is 22.7 Å². The number of hydrogen-bond donors (Lipinski definition) is 0. The zero-order valence-corrected chi connectivity index (χ0v) is 14.4. The summed E-state index contributed by atoms with van der Waals surface area (Å²) in [5.41, 5.74) is 1.68. The van der Waals surface area contributed by atoms with E-state index in [0.29, 0.717) is 25.9 Å². The molecule has 0 amide bonds. The minimum absolute atomic E-state index is 0.317. The third-order valence-corrected chi connectivity index (χ3v) is 6.54. The quantitative estimate of drug-likeness (QED) is 0.435. The first-order valence-electron chi connectivity index (χ1n) is 6.07. The minimum atomic E-state index is -0.317. The fraction of sp³-hybridized carbons (Fsp3) is 0.214. The van der Waals surface area contributed by atoms with Gasteiger partial charge in [0, 0.05) is 5.75 Å². The standard InChI is InChI=1S/C14H11NO2S4/c1-2-17-12(16)11-13(21-14(18)20-11)19-8-10-5-3-4-9(6-10)7-15/h3-6H,2,8H2,1H3. The molecule has 3 nitrogen and oxygen atoms in total. The van der Waals surface area contributed by atoms with E-state index < -0.39 is 0 Å². The number of rotatable bonds is 5. The van der Waals surface area contributed by atoms with Crippen LogP contribution in [-0.4, -0.2) is 12.6 Å². The molecule has 2 aromatic rings. The summed E-state index contributed by atoms with van der Waals surface area (Å²) >= 11 is 9.43. The van der Waals surface area contributed by atoms with Gasteiger partial charge in [-0.05, 0) is 24.6 Å². The lowest BCUT2D eigenvalue weighted by atomic mass is 10.2. The van der Waals surface area contributed by atoms with Crippen molar-refractivity contribution in [3.63, 3.8) is 0 Å². The average Bonchev–Trinajstić information content (AvgIpc) is 2.87. The molecule has 0 saturated heterocycles. The summed E-state index contributed by atoms with van der Waals surface area (Å²) in [4.78, 5) is 12.5. The summed E-state index contributed by atoms with van der Waals surface area (Å²) in [6.07, 6.45) is 0. The molecule has 7 heteroatoms. The number of thioether (sulfide) groups is 1. The highest BCUT2D eigenvalue weighted by atomic mass is 32.2. The Kier molecular flexibility index (Phi) is 5.94. The van der Waals surface area contributed by atoms with Crippen LogP contribution in [0.4, 0.5) is 0 Å². The molecule has 0 aliphatic heterocycles. The van der Waals surface area contributed by atoms with Crippen LogP contribution >= 0.6 is 46.7 Å². The minimum Gasteiger partial charge on any atom is -0.462 e. The van der Waals surface area contributed by atoms with Gasteiger partial charge in [-0.1, -0.05) is 24.4 Å². The molecular weight excluding hydrogens is 342 g/mol. The number of esters is 1. The maximum atomic E-state index is 11.9. The molecule has 0 fully saturated rings. The molecule has 0 unspecified atom stereocenters. The van der Waals surface area contributed by atoms with Crippen molar-refractivity contribution >= 4 is 52.6 Å². The average molecular weight is 354 g/mol. The van der Waals surface area contributed by atoms with Crippen LogP contribution in [0.1, 0.15) is 27.7 Å². The topological polar surface area (TPSA) is 50.1 Å². The molecule has 108 valence electrons. The van der Waals surface area contributed by atoms with Gasteiger partial charge in [-0.25, -0.2) is 4.79 Å². The van der Waals surface area contributed by atoms with Gasteiger partial charge in [0.15, 0.2) is 0 Å². The summed E-state index contributed by atoms with van der Waals surface area (Å²) in [5, 5.41) is 8.90. The predicted octanol–water partition coefficient (Wildman–Crippen LogP) is 4.88. The molecule has 0 bridgehead atoms. The van der Waals surface area contributed by atoms with Crippen LogP contribution in [0.3, 0.4) is 0 Å². The molecule has 21 heavy (non-hydrogen) atoms. The van der Waals surface area contributed by atoms with Crippen molar-refractivity contribution in [3.8, 4) is 6.07 Å². The Morgan fingerprint density at radius 3 is 3.00 bits per heavy atom. The highest BCUT2D eigenvalue weighted by Gasteiger charge is 2.17. The second-order valence-electron chi connectivity index (χ2n) is 3.89. The van der Waals surface area contributed by atoms with Crippen molar-refractivity contribution in [1.82, 2.24) is 0 Å². The first-order valence-corrected chi connectivity index (χ1v) is 9.09. The van der Waals surface area contributed by atoms with Gasteiger partial charge in [0.05, 0.1) is 22.4 Å². The number of carbonyl (C=O) groups is 1. The Balaban J connectivity index is 2.14. The van der Waals surface area contributed by atoms with Crippen LogP contribution in [0, 0.1) is 14.5 Å². The molecule has 0 spiro atoms. The van der Waals surface area contributed by atoms with E-state index in [1.807, 2.05) is 18.2 Å². The SMILES string of the molecule is CCOC(=O)c1sc(=S)sc1SCc1cccc(C#N)c1. The molecule has 0 saturated carbocycles. The van der Waals surface area contributed by atoms with Gasteiger partial charge >= 0.3 is 5.97 Å². The van der Waals surface area contributed by atoms with E-state index in [1.54, 1.807) is 24.8 Å². The van der Waals surface area contributed by atoms with Crippen LogP contribution < -0.4 is 0 Å². The molecular formula is C14H11NO2S4. The smallest absolute Gasteiger partial charge is 0.350 e. The fourth-order valence-electron chi connectivity index (χ4n) is 1.56. The summed E-state index contributed by atoms with van der Waals surface area (Å²) < 4.78 is 6.64. The van der Waals surface area contributed by atoms with Crippen molar-refractivity contribution in [2.75, 3.05) is 6.61 Å². The molecule has 1 aromatic carbocycles. The number of hydrogen-bond acceptors (Lipinski definition) is 7. The van der Waals surface area contributed by atoms with Gasteiger partial charge in [-0.3, -0.25) is 0 Å². The van der Waals surface area contributed by atoms with Crippen molar-refractivity contribution < 1.29 is 9.53 Å². The summed E-state index contributed by atoms with van der Waals surface area (Å²) in [7, 11) is 0. The van der Waals surface area contributed by atoms with Crippen molar-refractivity contribution in [2.24, 2.45) is 0 Å². The Morgan fingerprint density at radius 2 is 2.29 bits per heavy atom. The van der Waals surface area contributed by atoms with Gasteiger partial charge in [-0.2, -0.15) is 5.26 Å². The van der Waals surface area contributed by atoms with Crippen molar-refractivity contribution in [1.29, 1.82) is 5.26 Å². The maximum Gasteiger partial charge on any atom is 0.350 e. The molecule has 0 radical (unpaired) electrons. The van der Waals surface area contributed by atoms with Gasteiger partial charge in [0.1, 0.15) is 8.01 Å². The molecule has 0 atom stereocenters. The summed E-state index contributed by atoms with van der Waals surface area (Å²) in [5.74, 6) is 0.368. The molecule has 2 rings (SSSR count). The first kappa shape index (κ1) is 16.2. The largest absolute Gasteiger partial charge is 0.462 e. The summed E-state index contributed by atoms with van der Waals surface area (Å²) in [6.45, 7) is 2.13. The van der Waals surface area contributed by atoms with Crippen molar-refractivity contribution in [2.45, 2.75) is 16.9 Å². The van der Waals surface area contributed by atoms with E-state index in [4.69, 9.17) is 22.2 Å². The van der Waals surface area contributed by atoms with Gasteiger partial charge in [0.25, 0.3) is 0 Å². The molecule has 0 aliphatic carbocycles. The molecule has 0 N–H and O–H groups in total. The van der Waals surface area contributed by atoms with Crippen LogP contribution in [0.5, 0.6) is 0 Å². The third kappa shape index (κ3) is 4.38. The molecule has 1 heterocycles. The van der Waals surface area contributed by atoms with E-state index in [2.05, 4.69) is 6.07 Å². The highest BCUT2D eigenvalue weighted by molar-refractivity contribution is 8.01. The predicted molar refractivity (Wildman–Crippen MR) is 89.7 cm³/mol. The lowest BCUT2D eigenvalue weighted by Gasteiger charge is -2.03. The highest BCUT2D eigenvalue weighted by Crippen LogP contribution is 2.36. The Bertz CT molecular complexity index is 742. The second-order valence-corrected chi connectivity index (χ2v) is 8.36. The number of benzene rings is 1. The second kappa shape index (κ2) is 7.71. The molecule has 0 aliphatic rings. The number of nitrogens with zero attached hydrogens (tertiary/aromatic N) is 1. The van der Waals surface area contributed by atoms with Crippen LogP contribution in [0.15, 0.2) is 28.5 Å². The van der Waals surface area contributed by atoms with Crippen LogP contribution in [-0.2, 0) is 10.5 Å². The monoisotopic (exact) mass is 353 g/mol. The van der Waals surface area contributed by atoms with E-state index in [9.17, 15) is 4.79 Å².